The van der Waals surface area contributed by atoms with Crippen LogP contribution in [-0.2, 0) is 16.3 Å². The van der Waals surface area contributed by atoms with E-state index < -0.39 is 30.0 Å². The molecule has 0 saturated carbocycles. The predicted octanol–water partition coefficient (Wildman–Crippen LogP) is 0.807. The summed E-state index contributed by atoms with van der Waals surface area (Å²) < 4.78 is 40.8. The molecule has 0 aromatic heterocycles. The second-order valence-corrected chi connectivity index (χ2v) is 6.96. The lowest BCUT2D eigenvalue weighted by Gasteiger charge is -1.89. The van der Waals surface area contributed by atoms with E-state index in [0.717, 1.165) is 3.57 Å². The summed E-state index contributed by atoms with van der Waals surface area (Å²) in [5.41, 5.74) is 0. The third kappa shape index (κ3) is 9.10. The number of halogens is 2. The van der Waals surface area contributed by atoms with Crippen molar-refractivity contribution >= 4 is 52.6 Å². The second kappa shape index (κ2) is 6.67. The van der Waals surface area contributed by atoms with Crippen molar-refractivity contribution in [1.82, 2.24) is 0 Å². The van der Waals surface area contributed by atoms with Crippen molar-refractivity contribution < 1.29 is 14.6 Å². The number of hydrogen-bond acceptors (Lipinski definition) is 4. The molecule has 0 unspecified atom stereocenters. The van der Waals surface area contributed by atoms with Gasteiger partial charge in [0.1, 0.15) is 0 Å². The predicted molar refractivity (Wildman–Crippen MR) is 70.5 cm³/mol. The Balaban J connectivity index is 0.000000336. The van der Waals surface area contributed by atoms with E-state index in [1.165, 1.54) is 0 Å². The lowest BCUT2D eigenvalue weighted by Crippen LogP contribution is -2.21. The van der Waals surface area contributed by atoms with E-state index in [-0.39, 0.29) is 0 Å². The Kier molecular flexibility index (Phi) is 6.74. The van der Waals surface area contributed by atoms with E-state index in [0.29, 0.717) is 3.57 Å². The minimum Gasteiger partial charge on any atom is -0.230 e. The highest BCUT2D eigenvalue weighted by Gasteiger charge is 2.00. The maximum atomic E-state index is 10.5. The average molecular weight is 458 g/mol. The topological polar surface area (TPSA) is 120 Å². The van der Waals surface area contributed by atoms with Crippen LogP contribution in [0.4, 0.5) is 0 Å². The van der Waals surface area contributed by atoms with Crippen molar-refractivity contribution in [2.75, 3.05) is 0 Å². The summed E-state index contributed by atoms with van der Waals surface area (Å²) in [6, 6.07) is 6.98. The van der Waals surface area contributed by atoms with Crippen LogP contribution in [0.15, 0.2) is 24.3 Å². The molecule has 0 aliphatic rings. The molecular weight excluding hydrogens is 450 g/mol. The molecule has 1 rings (SSSR count). The third-order valence-corrected chi connectivity index (χ3v) is 4.85. The minimum atomic E-state index is -3.67. The fourth-order valence-corrected chi connectivity index (χ4v) is 3.17. The van der Waals surface area contributed by atoms with Gasteiger partial charge < -0.3 is 0 Å². The van der Waals surface area contributed by atoms with Gasteiger partial charge in [-0.25, -0.2) is 16.4 Å². The van der Waals surface area contributed by atoms with Crippen LogP contribution in [0.1, 0.15) is 0 Å². The van der Waals surface area contributed by atoms with E-state index in [9.17, 15) is 14.6 Å². The monoisotopic (exact) mass is 458 g/mol. The van der Waals surface area contributed by atoms with Crippen LogP contribution in [0.3, 0.4) is 0 Å². The van der Waals surface area contributed by atoms with Crippen molar-refractivity contribution in [1.29, 1.82) is 0 Å². The summed E-state index contributed by atoms with van der Waals surface area (Å²) in [7, 11) is -3.67. The van der Waals surface area contributed by atoms with E-state index in [1.54, 1.807) is 18.2 Å². The summed E-state index contributed by atoms with van der Waals surface area (Å²) >= 11 is -1.22. The summed E-state index contributed by atoms with van der Waals surface area (Å²) in [4.78, 5) is 0. The lowest BCUT2D eigenvalue weighted by atomic mass is 10.4. The number of hydrogen-bond donors (Lipinski definition) is 2. The molecule has 0 aliphatic heterocycles. The zero-order chi connectivity index (χ0) is 12.1. The molecule has 0 radical (unpaired) electrons. The first kappa shape index (κ1) is 15.2. The first-order valence-corrected chi connectivity index (χ1v) is 8.85. The maximum absolute atomic E-state index is 10.5. The van der Waals surface area contributed by atoms with Crippen molar-refractivity contribution in [3.8, 4) is 0 Å². The van der Waals surface area contributed by atoms with Gasteiger partial charge in [-0.2, -0.15) is 8.42 Å². The molecule has 1 aromatic rings. The number of rotatable bonds is 1. The van der Waals surface area contributed by atoms with Gasteiger partial charge in [0.25, 0.3) is 10.2 Å². The SMILES string of the molecule is NS(N)(=O)=O.O=I(=O)c1ccccc1I. The van der Waals surface area contributed by atoms with Gasteiger partial charge in [-0.3, -0.25) is 0 Å². The highest BCUT2D eigenvalue weighted by atomic mass is 127. The number of nitrogens with two attached hydrogens (primary N) is 2. The van der Waals surface area contributed by atoms with E-state index in [2.05, 4.69) is 10.3 Å². The van der Waals surface area contributed by atoms with E-state index in [1.807, 2.05) is 28.7 Å². The standard InChI is InChI=1S/C6H4I2O2.H4N2O2S/c7-5-3-1-2-4-6(5)8(9)10;1-5(2,3)4/h1-4H;(H4,1,2,3,4). The van der Waals surface area contributed by atoms with Gasteiger partial charge in [0.15, 0.2) is 0 Å². The summed E-state index contributed by atoms with van der Waals surface area (Å²) in [6.07, 6.45) is 0. The molecule has 0 amide bonds. The first-order chi connectivity index (χ1) is 6.72. The zero-order valence-electron chi connectivity index (χ0n) is 7.26. The summed E-state index contributed by atoms with van der Waals surface area (Å²) in [6.45, 7) is 0. The van der Waals surface area contributed by atoms with Gasteiger partial charge in [0.2, 0.25) is 0 Å². The van der Waals surface area contributed by atoms with Gasteiger partial charge in [-0.15, -0.1) is 0 Å². The molecule has 86 valence electrons. The van der Waals surface area contributed by atoms with Crippen molar-refractivity contribution in [2.24, 2.45) is 10.3 Å². The van der Waals surface area contributed by atoms with Crippen LogP contribution in [0.2, 0.25) is 0 Å². The quantitative estimate of drug-likeness (QED) is 0.606. The fourth-order valence-electron chi connectivity index (χ4n) is 0.564. The normalized spacial score (nSPS) is 10.7. The Morgan fingerprint density at radius 2 is 1.53 bits per heavy atom. The van der Waals surface area contributed by atoms with Crippen LogP contribution in [0.25, 0.3) is 0 Å². The minimum absolute atomic E-state index is 0.493. The lowest BCUT2D eigenvalue weighted by molar-refractivity contribution is 0.599. The smallest absolute Gasteiger partial charge is 0.230 e. The van der Waals surface area contributed by atoms with Gasteiger partial charge >= 0.3 is 19.8 Å². The largest absolute Gasteiger partial charge is 0.341 e. The molecule has 0 bridgehead atoms. The van der Waals surface area contributed by atoms with E-state index >= 15 is 0 Å². The zero-order valence-corrected chi connectivity index (χ0v) is 12.4. The van der Waals surface area contributed by atoms with Gasteiger partial charge in [0.05, 0.1) is 3.57 Å². The Bertz CT molecular complexity index is 482. The molecule has 0 atom stereocenters. The molecule has 0 saturated heterocycles. The molecule has 4 N–H and O–H groups in total. The molecule has 15 heavy (non-hydrogen) atoms. The first-order valence-electron chi connectivity index (χ1n) is 3.32. The molecule has 0 spiro atoms. The molecule has 6 nitrogen and oxygen atoms in total. The molecule has 0 heterocycles. The Morgan fingerprint density at radius 3 is 1.80 bits per heavy atom. The molecule has 9 heteroatoms. The molecular formula is C6H8I2N2O4S. The van der Waals surface area contributed by atoms with Gasteiger partial charge in [0, 0.05) is 3.57 Å². The Morgan fingerprint density at radius 1 is 1.13 bits per heavy atom. The molecule has 0 aliphatic carbocycles. The van der Waals surface area contributed by atoms with Crippen molar-refractivity contribution in [3.05, 3.63) is 31.4 Å². The third-order valence-electron chi connectivity index (χ3n) is 0.991. The molecule has 0 fully saturated rings. The summed E-state index contributed by atoms with van der Waals surface area (Å²) in [5, 5.41) is 8.21. The van der Waals surface area contributed by atoms with E-state index in [4.69, 9.17) is 0 Å². The Labute approximate surface area is 108 Å². The summed E-state index contributed by atoms with van der Waals surface area (Å²) in [5.74, 6) is 0. The number of benzene rings is 1. The highest BCUT2D eigenvalue weighted by molar-refractivity contribution is 14.2. The second-order valence-electron chi connectivity index (χ2n) is 2.22. The van der Waals surface area contributed by atoms with Crippen LogP contribution >= 0.6 is 42.4 Å². The fraction of sp³-hybridized carbons (Fsp3) is 0. The van der Waals surface area contributed by atoms with Crippen LogP contribution < -0.4 is 10.3 Å². The van der Waals surface area contributed by atoms with Crippen LogP contribution in [-0.4, -0.2) is 8.42 Å². The highest BCUT2D eigenvalue weighted by Crippen LogP contribution is 2.22. The van der Waals surface area contributed by atoms with Crippen LogP contribution in [0, 0.1) is 7.14 Å². The van der Waals surface area contributed by atoms with Crippen LogP contribution in [0.5, 0.6) is 0 Å². The van der Waals surface area contributed by atoms with Crippen molar-refractivity contribution in [3.63, 3.8) is 0 Å². The Hall–Kier alpha value is 0.150. The van der Waals surface area contributed by atoms with Gasteiger partial charge in [-0.05, 0) is 34.7 Å². The molecule has 1 aromatic carbocycles. The van der Waals surface area contributed by atoms with Crippen molar-refractivity contribution in [2.45, 2.75) is 0 Å². The maximum Gasteiger partial charge on any atom is 0.341 e. The van der Waals surface area contributed by atoms with Gasteiger partial charge in [-0.1, -0.05) is 12.1 Å². The average Bonchev–Trinajstić information content (AvgIpc) is 2.01.